The third-order valence-electron chi connectivity index (χ3n) is 3.75. The summed E-state index contributed by atoms with van der Waals surface area (Å²) in [5, 5.41) is 2.70. The zero-order valence-corrected chi connectivity index (χ0v) is 15.6. The Morgan fingerprint density at radius 1 is 1.08 bits per heavy atom. The van der Waals surface area contributed by atoms with Crippen LogP contribution in [-0.4, -0.2) is 27.4 Å². The van der Waals surface area contributed by atoms with Crippen LogP contribution in [0.25, 0.3) is 0 Å². The summed E-state index contributed by atoms with van der Waals surface area (Å²) in [6, 6.07) is 12.1. The topological polar surface area (TPSA) is 75.3 Å². The number of hydrogen-bond acceptors (Lipinski definition) is 3. The highest BCUT2D eigenvalue weighted by molar-refractivity contribution is 7.89. The Balaban J connectivity index is 1.93. The van der Waals surface area contributed by atoms with Gasteiger partial charge in [0.1, 0.15) is 5.82 Å². The van der Waals surface area contributed by atoms with E-state index in [1.165, 1.54) is 30.3 Å². The van der Waals surface area contributed by atoms with Crippen LogP contribution in [0.2, 0.25) is 0 Å². The molecule has 0 saturated heterocycles. The van der Waals surface area contributed by atoms with Crippen molar-refractivity contribution in [1.82, 2.24) is 10.0 Å². The third kappa shape index (κ3) is 5.64. The maximum atomic E-state index is 13.5. The predicted octanol–water partition coefficient (Wildman–Crippen LogP) is 2.73. The number of rotatable bonds is 8. The number of carbonyl (C=O) groups is 1. The van der Waals surface area contributed by atoms with Gasteiger partial charge in [-0.1, -0.05) is 32.0 Å². The normalized spacial score (nSPS) is 11.5. The maximum Gasteiger partial charge on any atom is 0.251 e. The fourth-order valence-corrected chi connectivity index (χ4v) is 3.47. The Hall–Kier alpha value is -2.25. The predicted molar refractivity (Wildman–Crippen MR) is 98.9 cm³/mol. The van der Waals surface area contributed by atoms with Gasteiger partial charge in [-0.15, -0.1) is 0 Å². The van der Waals surface area contributed by atoms with E-state index in [1.807, 2.05) is 13.8 Å². The Bertz CT molecular complexity index is 849. The molecule has 0 fully saturated rings. The molecule has 0 aromatic heterocycles. The molecule has 0 heterocycles. The molecule has 26 heavy (non-hydrogen) atoms. The van der Waals surface area contributed by atoms with Crippen molar-refractivity contribution in [3.63, 3.8) is 0 Å². The van der Waals surface area contributed by atoms with Gasteiger partial charge in [0, 0.05) is 18.7 Å². The molecule has 0 atom stereocenters. The molecule has 0 spiro atoms. The lowest BCUT2D eigenvalue weighted by atomic mass is 10.1. The van der Waals surface area contributed by atoms with E-state index in [9.17, 15) is 17.6 Å². The molecule has 7 heteroatoms. The first-order chi connectivity index (χ1) is 12.3. The smallest absolute Gasteiger partial charge is 0.251 e. The van der Waals surface area contributed by atoms with Crippen molar-refractivity contribution in [2.24, 2.45) is 5.92 Å². The number of carbonyl (C=O) groups excluding carboxylic acids is 1. The van der Waals surface area contributed by atoms with E-state index in [1.54, 1.807) is 18.2 Å². The van der Waals surface area contributed by atoms with Gasteiger partial charge in [-0.05, 0) is 48.2 Å². The van der Waals surface area contributed by atoms with E-state index < -0.39 is 10.0 Å². The summed E-state index contributed by atoms with van der Waals surface area (Å²) in [7, 11) is -3.58. The van der Waals surface area contributed by atoms with E-state index >= 15 is 0 Å². The highest BCUT2D eigenvalue weighted by atomic mass is 32.2. The fraction of sp³-hybridized carbons (Fsp3) is 0.316. The molecule has 0 aliphatic carbocycles. The lowest BCUT2D eigenvalue weighted by Crippen LogP contribution is -2.28. The van der Waals surface area contributed by atoms with Crippen LogP contribution in [-0.2, 0) is 16.4 Å². The minimum absolute atomic E-state index is 0.112. The molecule has 0 aliphatic heterocycles. The molecule has 0 aliphatic rings. The van der Waals surface area contributed by atoms with E-state index in [0.29, 0.717) is 24.1 Å². The molecule has 2 rings (SSSR count). The van der Waals surface area contributed by atoms with Crippen LogP contribution in [0.4, 0.5) is 4.39 Å². The number of benzene rings is 2. The van der Waals surface area contributed by atoms with Crippen LogP contribution in [0, 0.1) is 11.7 Å². The Kier molecular flexibility index (Phi) is 6.88. The van der Waals surface area contributed by atoms with Gasteiger partial charge in [0.2, 0.25) is 10.0 Å². The van der Waals surface area contributed by atoms with Crippen LogP contribution in [0.1, 0.15) is 29.8 Å². The summed E-state index contributed by atoms with van der Waals surface area (Å²) in [5.41, 5.74) is 0.881. The number of hydrogen-bond donors (Lipinski definition) is 2. The quantitative estimate of drug-likeness (QED) is 0.742. The summed E-state index contributed by atoms with van der Waals surface area (Å²) >= 11 is 0. The van der Waals surface area contributed by atoms with Crippen LogP contribution in [0.3, 0.4) is 0 Å². The van der Waals surface area contributed by atoms with Crippen molar-refractivity contribution >= 4 is 15.9 Å². The van der Waals surface area contributed by atoms with E-state index in [-0.39, 0.29) is 29.1 Å². The molecule has 2 aromatic carbocycles. The number of amides is 1. The summed E-state index contributed by atoms with van der Waals surface area (Å²) < 4.78 is 40.3. The SMILES string of the molecule is CC(C)CNS(=O)(=O)c1ccc(C(=O)NCCc2ccccc2F)cc1. The second-order valence-electron chi connectivity index (χ2n) is 6.37. The second kappa shape index (κ2) is 8.91. The van der Waals surface area contributed by atoms with E-state index in [2.05, 4.69) is 10.0 Å². The summed E-state index contributed by atoms with van der Waals surface area (Å²) in [6.45, 7) is 4.46. The molecule has 1 amide bonds. The lowest BCUT2D eigenvalue weighted by Gasteiger charge is -2.10. The molecule has 2 N–H and O–H groups in total. The van der Waals surface area contributed by atoms with Crippen molar-refractivity contribution in [3.8, 4) is 0 Å². The molecule has 0 unspecified atom stereocenters. The van der Waals surface area contributed by atoms with Crippen molar-refractivity contribution in [1.29, 1.82) is 0 Å². The van der Waals surface area contributed by atoms with Gasteiger partial charge >= 0.3 is 0 Å². The van der Waals surface area contributed by atoms with Gasteiger partial charge in [0.25, 0.3) is 5.91 Å². The monoisotopic (exact) mass is 378 g/mol. The highest BCUT2D eigenvalue weighted by Gasteiger charge is 2.15. The minimum atomic E-state index is -3.58. The second-order valence-corrected chi connectivity index (χ2v) is 8.13. The van der Waals surface area contributed by atoms with Crippen LogP contribution in [0.5, 0.6) is 0 Å². The summed E-state index contributed by atoms with van der Waals surface area (Å²) in [4.78, 5) is 12.2. The summed E-state index contributed by atoms with van der Waals surface area (Å²) in [6.07, 6.45) is 0.379. The van der Waals surface area contributed by atoms with E-state index in [4.69, 9.17) is 0 Å². The number of sulfonamides is 1. The molecule has 0 saturated carbocycles. The highest BCUT2D eigenvalue weighted by Crippen LogP contribution is 2.11. The van der Waals surface area contributed by atoms with Gasteiger partial charge in [0.15, 0.2) is 0 Å². The van der Waals surface area contributed by atoms with Crippen LogP contribution < -0.4 is 10.0 Å². The Morgan fingerprint density at radius 3 is 2.35 bits per heavy atom. The first-order valence-electron chi connectivity index (χ1n) is 8.41. The number of halogens is 1. The standard InChI is InChI=1S/C19H23FN2O3S/c1-14(2)13-22-26(24,25)17-9-7-16(8-10-17)19(23)21-12-11-15-5-3-4-6-18(15)20/h3-10,14,22H,11-13H2,1-2H3,(H,21,23). The van der Waals surface area contributed by atoms with Gasteiger partial charge in [-0.2, -0.15) is 0 Å². The van der Waals surface area contributed by atoms with Crippen molar-refractivity contribution in [2.75, 3.05) is 13.1 Å². The summed E-state index contributed by atoms with van der Waals surface area (Å²) in [5.74, 6) is -0.435. The molecular formula is C19H23FN2O3S. The van der Waals surface area contributed by atoms with Gasteiger partial charge in [-0.25, -0.2) is 17.5 Å². The third-order valence-corrected chi connectivity index (χ3v) is 5.19. The van der Waals surface area contributed by atoms with Crippen molar-refractivity contribution in [2.45, 2.75) is 25.2 Å². The van der Waals surface area contributed by atoms with Crippen molar-refractivity contribution in [3.05, 3.63) is 65.5 Å². The lowest BCUT2D eigenvalue weighted by molar-refractivity contribution is 0.0954. The molecule has 5 nitrogen and oxygen atoms in total. The zero-order chi connectivity index (χ0) is 19.2. The maximum absolute atomic E-state index is 13.5. The molecular weight excluding hydrogens is 355 g/mol. The average Bonchev–Trinajstić information content (AvgIpc) is 2.62. The largest absolute Gasteiger partial charge is 0.352 e. The van der Waals surface area contributed by atoms with Crippen LogP contribution >= 0.6 is 0 Å². The molecule has 0 radical (unpaired) electrons. The van der Waals surface area contributed by atoms with Gasteiger partial charge in [0.05, 0.1) is 4.90 Å². The van der Waals surface area contributed by atoms with Crippen molar-refractivity contribution < 1.29 is 17.6 Å². The average molecular weight is 378 g/mol. The number of nitrogens with one attached hydrogen (secondary N) is 2. The molecule has 140 valence electrons. The van der Waals surface area contributed by atoms with Gasteiger partial charge < -0.3 is 5.32 Å². The van der Waals surface area contributed by atoms with Crippen LogP contribution in [0.15, 0.2) is 53.4 Å². The first kappa shape index (κ1) is 20.1. The molecule has 2 aromatic rings. The Morgan fingerprint density at radius 2 is 1.73 bits per heavy atom. The molecule has 0 bridgehead atoms. The van der Waals surface area contributed by atoms with Gasteiger partial charge in [-0.3, -0.25) is 4.79 Å². The Labute approximate surface area is 153 Å². The van der Waals surface area contributed by atoms with E-state index in [0.717, 1.165) is 0 Å². The zero-order valence-electron chi connectivity index (χ0n) is 14.8. The minimum Gasteiger partial charge on any atom is -0.352 e. The first-order valence-corrected chi connectivity index (χ1v) is 9.89. The fourth-order valence-electron chi connectivity index (χ4n) is 2.26.